The maximum atomic E-state index is 13.0. The lowest BCUT2D eigenvalue weighted by Crippen LogP contribution is -2.72. The first-order chi connectivity index (χ1) is 13.0. The van der Waals surface area contributed by atoms with Crippen molar-refractivity contribution in [1.29, 1.82) is 0 Å². The molecular weight excluding hydrogens is 408 g/mol. The number of carbonyl (C=O) groups excluding carboxylic acids is 3. The van der Waals surface area contributed by atoms with Gasteiger partial charge in [-0.05, 0) is 36.2 Å². The second kappa shape index (κ2) is 6.89. The van der Waals surface area contributed by atoms with Crippen molar-refractivity contribution >= 4 is 52.8 Å². The van der Waals surface area contributed by atoms with E-state index in [-0.39, 0.29) is 5.56 Å². The molecule has 0 bridgehead atoms. The highest BCUT2D eigenvalue weighted by molar-refractivity contribution is 8.01. The van der Waals surface area contributed by atoms with E-state index in [0.717, 1.165) is 11.8 Å². The van der Waals surface area contributed by atoms with Gasteiger partial charge in [0.05, 0.1) is 0 Å². The van der Waals surface area contributed by atoms with Crippen LogP contribution in [-0.2, 0) is 24.0 Å². The summed E-state index contributed by atoms with van der Waals surface area (Å²) in [6, 6.07) is -0.843. The fraction of sp³-hybridized carbons (Fsp3) is 0.471. The molecule has 3 amide bonds. The van der Waals surface area contributed by atoms with Gasteiger partial charge in [-0.25, -0.2) is 4.79 Å². The van der Waals surface area contributed by atoms with E-state index < -0.39 is 57.8 Å². The van der Waals surface area contributed by atoms with Gasteiger partial charge in [-0.15, -0.1) is 11.8 Å². The summed E-state index contributed by atoms with van der Waals surface area (Å²) in [6.45, 7) is 4.43. The number of aliphatic carboxylic acids is 2. The summed E-state index contributed by atoms with van der Waals surface area (Å²) in [7, 11) is 0. The van der Waals surface area contributed by atoms with E-state index in [1.807, 2.05) is 0 Å². The molecule has 0 aliphatic carbocycles. The number of nitrogens with zero attached hydrogens (tertiary/aromatic N) is 2. The first-order valence-corrected chi connectivity index (χ1v) is 10.1. The number of carboxylic acids is 2. The van der Waals surface area contributed by atoms with Crippen molar-refractivity contribution < 1.29 is 34.2 Å². The molecule has 2 N–H and O–H groups in total. The number of thiophene rings is 1. The van der Waals surface area contributed by atoms with Gasteiger partial charge in [0.25, 0.3) is 5.91 Å². The Hall–Kier alpha value is -2.40. The molecule has 0 aromatic carbocycles. The van der Waals surface area contributed by atoms with Crippen LogP contribution < -0.4 is 0 Å². The third-order valence-corrected chi connectivity index (χ3v) is 7.13. The van der Waals surface area contributed by atoms with Gasteiger partial charge in [0.15, 0.2) is 5.92 Å². The molecule has 0 unspecified atom stereocenters. The maximum Gasteiger partial charge on any atom is 0.327 e. The third-order valence-electron chi connectivity index (χ3n) is 4.87. The first kappa shape index (κ1) is 20.3. The number of imide groups is 1. The van der Waals surface area contributed by atoms with Crippen molar-refractivity contribution in [2.45, 2.75) is 48.9 Å². The largest absolute Gasteiger partial charge is 0.480 e. The molecule has 28 heavy (non-hydrogen) atoms. The number of carbonyl (C=O) groups is 5. The monoisotopic (exact) mass is 426 g/mol. The summed E-state index contributed by atoms with van der Waals surface area (Å²) in [5, 5.41) is 21.4. The predicted molar refractivity (Wildman–Crippen MR) is 99.7 cm³/mol. The van der Waals surface area contributed by atoms with E-state index in [0.29, 0.717) is 4.90 Å². The molecule has 0 radical (unpaired) electrons. The van der Waals surface area contributed by atoms with Crippen LogP contribution in [0.2, 0.25) is 0 Å². The SMILES string of the molecule is CC(=O)N(C(=O)[C@H](C(=O)O)c1ccsc1)[C@@H]1C(=O)N2[C@@H]1SC(C)(C)[C@@H]2C(=O)O. The maximum absolute atomic E-state index is 13.0. The molecule has 1 aromatic heterocycles. The minimum atomic E-state index is -1.62. The lowest BCUT2D eigenvalue weighted by atomic mass is 9.93. The molecular formula is C17H18N2O7S2. The van der Waals surface area contributed by atoms with Crippen LogP contribution in [0.1, 0.15) is 32.3 Å². The molecule has 2 saturated heterocycles. The van der Waals surface area contributed by atoms with E-state index in [1.54, 1.807) is 19.2 Å². The van der Waals surface area contributed by atoms with Crippen molar-refractivity contribution in [3.05, 3.63) is 22.4 Å². The molecule has 150 valence electrons. The Balaban J connectivity index is 1.95. The van der Waals surface area contributed by atoms with E-state index in [9.17, 15) is 34.2 Å². The molecule has 1 aromatic rings. The van der Waals surface area contributed by atoms with Gasteiger partial charge in [0.2, 0.25) is 11.8 Å². The quantitative estimate of drug-likeness (QED) is 0.522. The van der Waals surface area contributed by atoms with Gasteiger partial charge in [0, 0.05) is 11.7 Å². The van der Waals surface area contributed by atoms with Crippen LogP contribution in [0.25, 0.3) is 0 Å². The van der Waals surface area contributed by atoms with Gasteiger partial charge < -0.3 is 15.1 Å². The van der Waals surface area contributed by atoms with Crippen molar-refractivity contribution in [3.8, 4) is 0 Å². The van der Waals surface area contributed by atoms with E-state index in [1.165, 1.54) is 34.5 Å². The molecule has 11 heteroatoms. The van der Waals surface area contributed by atoms with Crippen LogP contribution in [0.4, 0.5) is 0 Å². The summed E-state index contributed by atoms with van der Waals surface area (Å²) in [4.78, 5) is 63.1. The van der Waals surface area contributed by atoms with Gasteiger partial charge in [-0.2, -0.15) is 11.3 Å². The van der Waals surface area contributed by atoms with Crippen molar-refractivity contribution in [1.82, 2.24) is 9.80 Å². The van der Waals surface area contributed by atoms with Crippen LogP contribution in [0.15, 0.2) is 16.8 Å². The Labute approximate surface area is 168 Å². The van der Waals surface area contributed by atoms with Crippen LogP contribution in [0.3, 0.4) is 0 Å². The van der Waals surface area contributed by atoms with E-state index in [4.69, 9.17) is 0 Å². The van der Waals surface area contributed by atoms with Gasteiger partial charge in [-0.1, -0.05) is 0 Å². The molecule has 2 aliphatic heterocycles. The van der Waals surface area contributed by atoms with Gasteiger partial charge in [0.1, 0.15) is 17.5 Å². The second-order valence-electron chi connectivity index (χ2n) is 7.10. The number of thioether (sulfide) groups is 1. The van der Waals surface area contributed by atoms with Crippen molar-refractivity contribution in [2.75, 3.05) is 0 Å². The van der Waals surface area contributed by atoms with Crippen LogP contribution in [0.5, 0.6) is 0 Å². The van der Waals surface area contributed by atoms with E-state index in [2.05, 4.69) is 0 Å². The zero-order valence-electron chi connectivity index (χ0n) is 15.2. The van der Waals surface area contributed by atoms with Crippen LogP contribution >= 0.6 is 23.1 Å². The standard InChI is InChI=1S/C17H18N2O7S2/c1-7(20)18(12(21)9(15(23)24)8-4-5-27-6-8)10-13(22)19-11(16(25)26)17(2,3)28-14(10)19/h4-6,9-11,14H,1-3H3,(H,23,24)(H,25,26)/t9-,10-,11+,14-/m1/s1. The molecule has 2 aliphatic rings. The average molecular weight is 426 g/mol. The molecule has 2 fully saturated rings. The van der Waals surface area contributed by atoms with Crippen LogP contribution in [-0.4, -0.2) is 71.9 Å². The molecule has 4 atom stereocenters. The minimum absolute atomic E-state index is 0.222. The summed E-state index contributed by atoms with van der Waals surface area (Å²) in [5.41, 5.74) is 0.222. The molecule has 3 heterocycles. The zero-order chi connectivity index (χ0) is 21.0. The Morgan fingerprint density at radius 2 is 1.89 bits per heavy atom. The molecule has 0 spiro atoms. The average Bonchev–Trinajstić information content (AvgIpc) is 3.16. The number of fused-ring (bicyclic) bond motifs is 1. The Morgan fingerprint density at radius 1 is 1.25 bits per heavy atom. The third kappa shape index (κ3) is 2.98. The number of rotatable bonds is 5. The van der Waals surface area contributed by atoms with Crippen molar-refractivity contribution in [3.63, 3.8) is 0 Å². The highest BCUT2D eigenvalue weighted by Gasteiger charge is 2.66. The van der Waals surface area contributed by atoms with E-state index >= 15 is 0 Å². The molecule has 9 nitrogen and oxygen atoms in total. The highest BCUT2D eigenvalue weighted by atomic mass is 32.2. The molecule has 0 saturated carbocycles. The topological polar surface area (TPSA) is 132 Å². The Kier molecular flexibility index (Phi) is 5.00. The summed E-state index contributed by atoms with van der Waals surface area (Å²) in [5.74, 6) is -6.66. The second-order valence-corrected chi connectivity index (χ2v) is 9.65. The highest BCUT2D eigenvalue weighted by Crippen LogP contribution is 2.52. The summed E-state index contributed by atoms with van der Waals surface area (Å²) >= 11 is 2.39. The zero-order valence-corrected chi connectivity index (χ0v) is 16.8. The first-order valence-electron chi connectivity index (χ1n) is 8.30. The van der Waals surface area contributed by atoms with Crippen molar-refractivity contribution in [2.24, 2.45) is 0 Å². The summed E-state index contributed by atoms with van der Waals surface area (Å²) in [6.07, 6.45) is 0. The number of hydrogen-bond acceptors (Lipinski definition) is 7. The lowest BCUT2D eigenvalue weighted by molar-refractivity contribution is -0.172. The Bertz CT molecular complexity index is 867. The minimum Gasteiger partial charge on any atom is -0.480 e. The van der Waals surface area contributed by atoms with Crippen LogP contribution in [0, 0.1) is 0 Å². The summed E-state index contributed by atoms with van der Waals surface area (Å²) < 4.78 is -0.827. The molecule has 3 rings (SSSR count). The van der Waals surface area contributed by atoms with Gasteiger partial charge in [-0.3, -0.25) is 24.1 Å². The lowest BCUT2D eigenvalue weighted by Gasteiger charge is -2.47. The fourth-order valence-electron chi connectivity index (χ4n) is 3.69. The smallest absolute Gasteiger partial charge is 0.327 e. The number of amides is 3. The number of carboxylic acid groups (broad SMARTS) is 2. The van der Waals surface area contributed by atoms with Gasteiger partial charge >= 0.3 is 11.9 Å². The number of hydrogen-bond donors (Lipinski definition) is 2. The number of β-lactam (4-membered cyclic amide) rings is 1. The fourth-order valence-corrected chi connectivity index (χ4v) is 6.05. The Morgan fingerprint density at radius 3 is 2.36 bits per heavy atom. The predicted octanol–water partition coefficient (Wildman–Crippen LogP) is 0.807. The normalized spacial score (nSPS) is 26.2.